The number of hydrogen-bond donors (Lipinski definition) is 9. The first-order valence-corrected chi connectivity index (χ1v) is 11.9. The van der Waals surface area contributed by atoms with Gasteiger partial charge in [0.05, 0.1) is 32.0 Å². The molecule has 12 unspecified atom stereocenters. The number of allylic oxidation sites excluding steroid dienone is 1. The van der Waals surface area contributed by atoms with Crippen molar-refractivity contribution in [1.29, 1.82) is 0 Å². The number of carbonyl (C=O) groups is 1. The van der Waals surface area contributed by atoms with Crippen LogP contribution in [0.2, 0.25) is 0 Å². The molecule has 0 aliphatic carbocycles. The van der Waals surface area contributed by atoms with Gasteiger partial charge in [-0.2, -0.15) is 0 Å². The number of nitrogens with one attached hydrogen (secondary N) is 1. The van der Waals surface area contributed by atoms with Crippen molar-refractivity contribution in [1.82, 2.24) is 5.32 Å². The number of ether oxygens (including phenoxy) is 4. The van der Waals surface area contributed by atoms with Crippen LogP contribution in [0, 0.1) is 0 Å². The molecule has 14 nitrogen and oxygen atoms in total. The van der Waals surface area contributed by atoms with E-state index in [1.165, 1.54) is 13.0 Å². The lowest BCUT2D eigenvalue weighted by atomic mass is 9.97. The summed E-state index contributed by atoms with van der Waals surface area (Å²) in [6, 6.07) is -0.904. The van der Waals surface area contributed by atoms with E-state index in [0.29, 0.717) is 0 Å². The molecule has 0 aromatic carbocycles. The van der Waals surface area contributed by atoms with Crippen molar-refractivity contribution < 1.29 is 64.6 Å². The predicted octanol–water partition coefficient (Wildman–Crippen LogP) is -4.15. The summed E-state index contributed by atoms with van der Waals surface area (Å²) in [4.78, 5) is 11.5. The Hall–Kier alpha value is -1.27. The van der Waals surface area contributed by atoms with Crippen LogP contribution in [0.1, 0.15) is 26.7 Å². The molecular formula is C22H39NO13. The van der Waals surface area contributed by atoms with Gasteiger partial charge in [-0.05, 0) is 6.42 Å². The van der Waals surface area contributed by atoms with Crippen LogP contribution < -0.4 is 5.32 Å². The lowest BCUT2D eigenvalue weighted by Crippen LogP contribution is -2.65. The number of carbonyl (C=O) groups excluding carboxylic acids is 1. The Labute approximate surface area is 208 Å². The molecule has 210 valence electrons. The van der Waals surface area contributed by atoms with Gasteiger partial charge < -0.3 is 65.1 Å². The Morgan fingerprint density at radius 2 is 1.56 bits per heavy atom. The molecule has 0 aromatic heterocycles. The SMILES string of the molecule is CCC/C=C/C(O)C(COC1OC(CO)C(OC2OC(CO)C(O)C(O)C2O)C(O)C1O)NC(C)=O. The van der Waals surface area contributed by atoms with Crippen molar-refractivity contribution in [3.63, 3.8) is 0 Å². The molecule has 0 bridgehead atoms. The van der Waals surface area contributed by atoms with Crippen molar-refractivity contribution in [3.05, 3.63) is 12.2 Å². The van der Waals surface area contributed by atoms with E-state index in [0.717, 1.165) is 12.8 Å². The average Bonchev–Trinajstić information content (AvgIpc) is 2.85. The predicted molar refractivity (Wildman–Crippen MR) is 120 cm³/mol. The van der Waals surface area contributed by atoms with Crippen LogP contribution in [0.5, 0.6) is 0 Å². The standard InChI is InChI=1S/C22H39NO13/c1-3-4-5-6-12(27)11(23-10(2)26)9-33-21-19(32)17(30)20(14(8-25)35-21)36-22-18(31)16(29)15(28)13(7-24)34-22/h5-6,11-22,24-25,27-32H,3-4,7-9H2,1-2H3,(H,23,26)/b6-5+. The first-order chi connectivity index (χ1) is 17.0. The number of hydrogen-bond acceptors (Lipinski definition) is 13. The Morgan fingerprint density at radius 3 is 2.14 bits per heavy atom. The van der Waals surface area contributed by atoms with Crippen LogP contribution in [0.3, 0.4) is 0 Å². The highest BCUT2D eigenvalue weighted by atomic mass is 16.7. The van der Waals surface area contributed by atoms with E-state index >= 15 is 0 Å². The van der Waals surface area contributed by atoms with E-state index in [-0.39, 0.29) is 6.61 Å². The molecule has 2 rings (SSSR count). The quantitative estimate of drug-likeness (QED) is 0.110. The van der Waals surface area contributed by atoms with E-state index in [4.69, 9.17) is 18.9 Å². The molecule has 0 aromatic rings. The summed E-state index contributed by atoms with van der Waals surface area (Å²) in [6.45, 7) is 1.48. The lowest BCUT2D eigenvalue weighted by Gasteiger charge is -2.46. The minimum absolute atomic E-state index is 0.317. The maximum absolute atomic E-state index is 11.5. The molecule has 0 radical (unpaired) electrons. The fourth-order valence-corrected chi connectivity index (χ4v) is 3.91. The smallest absolute Gasteiger partial charge is 0.217 e. The Balaban J connectivity index is 2.06. The molecule has 2 fully saturated rings. The molecule has 14 heteroatoms. The van der Waals surface area contributed by atoms with Gasteiger partial charge in [-0.3, -0.25) is 4.79 Å². The minimum atomic E-state index is -1.78. The molecule has 2 aliphatic rings. The van der Waals surface area contributed by atoms with Gasteiger partial charge in [0, 0.05) is 6.92 Å². The third-order valence-corrected chi connectivity index (χ3v) is 5.99. The average molecular weight is 526 g/mol. The molecule has 0 saturated carbocycles. The van der Waals surface area contributed by atoms with E-state index in [9.17, 15) is 45.6 Å². The fraction of sp³-hybridized carbons (Fsp3) is 0.864. The van der Waals surface area contributed by atoms with E-state index in [1.54, 1.807) is 6.08 Å². The summed E-state index contributed by atoms with van der Waals surface area (Å²) in [7, 11) is 0. The monoisotopic (exact) mass is 525 g/mol. The van der Waals surface area contributed by atoms with Gasteiger partial charge in [-0.25, -0.2) is 0 Å². The number of aliphatic hydroxyl groups is 8. The molecule has 12 atom stereocenters. The zero-order valence-electron chi connectivity index (χ0n) is 20.2. The fourth-order valence-electron chi connectivity index (χ4n) is 3.91. The first-order valence-electron chi connectivity index (χ1n) is 11.9. The van der Waals surface area contributed by atoms with Crippen LogP contribution in [-0.4, -0.2) is 140 Å². The summed E-state index contributed by atoms with van der Waals surface area (Å²) in [5.74, 6) is -0.432. The third-order valence-electron chi connectivity index (χ3n) is 5.99. The topological polar surface area (TPSA) is 228 Å². The van der Waals surface area contributed by atoms with Gasteiger partial charge in [-0.1, -0.05) is 25.5 Å². The Bertz CT molecular complexity index is 693. The second kappa shape index (κ2) is 14.6. The van der Waals surface area contributed by atoms with Crippen LogP contribution in [0.15, 0.2) is 12.2 Å². The Morgan fingerprint density at radius 1 is 0.944 bits per heavy atom. The van der Waals surface area contributed by atoms with Crippen molar-refractivity contribution in [2.24, 2.45) is 0 Å². The second-order valence-electron chi connectivity index (χ2n) is 8.85. The zero-order chi connectivity index (χ0) is 27.0. The van der Waals surface area contributed by atoms with Gasteiger partial charge in [0.2, 0.25) is 5.91 Å². The van der Waals surface area contributed by atoms with Gasteiger partial charge in [-0.15, -0.1) is 0 Å². The third kappa shape index (κ3) is 7.86. The molecule has 9 N–H and O–H groups in total. The van der Waals surface area contributed by atoms with E-state index < -0.39 is 92.7 Å². The number of unbranched alkanes of at least 4 members (excludes halogenated alkanes) is 1. The highest BCUT2D eigenvalue weighted by Gasteiger charge is 2.50. The van der Waals surface area contributed by atoms with E-state index in [1.807, 2.05) is 6.92 Å². The lowest BCUT2D eigenvalue weighted by molar-refractivity contribution is -0.359. The minimum Gasteiger partial charge on any atom is -0.394 e. The molecule has 1 amide bonds. The van der Waals surface area contributed by atoms with Gasteiger partial charge in [0.25, 0.3) is 0 Å². The number of rotatable bonds is 12. The molecular weight excluding hydrogens is 486 g/mol. The normalized spacial score (nSPS) is 39.2. The maximum atomic E-state index is 11.5. The molecule has 36 heavy (non-hydrogen) atoms. The van der Waals surface area contributed by atoms with Crippen LogP contribution in [0.4, 0.5) is 0 Å². The summed E-state index contributed by atoms with van der Waals surface area (Å²) in [5.41, 5.74) is 0. The molecule has 2 saturated heterocycles. The highest BCUT2D eigenvalue weighted by Crippen LogP contribution is 2.29. The van der Waals surface area contributed by atoms with Gasteiger partial charge in [0.15, 0.2) is 12.6 Å². The largest absolute Gasteiger partial charge is 0.394 e. The van der Waals surface area contributed by atoms with Crippen molar-refractivity contribution >= 4 is 5.91 Å². The van der Waals surface area contributed by atoms with Crippen LogP contribution >= 0.6 is 0 Å². The summed E-state index contributed by atoms with van der Waals surface area (Å²) < 4.78 is 21.8. The van der Waals surface area contributed by atoms with Crippen LogP contribution in [0.25, 0.3) is 0 Å². The van der Waals surface area contributed by atoms with Crippen molar-refractivity contribution in [3.8, 4) is 0 Å². The highest BCUT2D eigenvalue weighted by molar-refractivity contribution is 5.73. The van der Waals surface area contributed by atoms with Crippen molar-refractivity contribution in [2.45, 2.75) is 100 Å². The number of amides is 1. The molecule has 0 spiro atoms. The first kappa shape index (κ1) is 31.0. The molecule has 2 aliphatic heterocycles. The maximum Gasteiger partial charge on any atom is 0.217 e. The second-order valence-corrected chi connectivity index (χ2v) is 8.85. The van der Waals surface area contributed by atoms with Crippen LogP contribution in [-0.2, 0) is 23.7 Å². The van der Waals surface area contributed by atoms with E-state index in [2.05, 4.69) is 5.32 Å². The summed E-state index contributed by atoms with van der Waals surface area (Å²) in [6.07, 6.45) is -12.1. The molecule has 2 heterocycles. The zero-order valence-corrected chi connectivity index (χ0v) is 20.2. The van der Waals surface area contributed by atoms with Gasteiger partial charge >= 0.3 is 0 Å². The van der Waals surface area contributed by atoms with Crippen molar-refractivity contribution in [2.75, 3.05) is 19.8 Å². The van der Waals surface area contributed by atoms with Gasteiger partial charge in [0.1, 0.15) is 48.8 Å². The summed E-state index contributed by atoms with van der Waals surface area (Å²) >= 11 is 0. The summed E-state index contributed by atoms with van der Waals surface area (Å²) in [5, 5.41) is 83.2. The number of aliphatic hydroxyl groups excluding tert-OH is 8. The Kier molecular flexibility index (Phi) is 12.6.